The molecule has 1 aliphatic carbocycles. The Morgan fingerprint density at radius 1 is 0.852 bits per heavy atom. The van der Waals surface area contributed by atoms with Crippen molar-refractivity contribution in [1.29, 1.82) is 0 Å². The van der Waals surface area contributed by atoms with Crippen molar-refractivity contribution in [2.45, 2.75) is 84.0 Å². The summed E-state index contributed by atoms with van der Waals surface area (Å²) in [7, 11) is 0. The lowest BCUT2D eigenvalue weighted by molar-refractivity contribution is 0.308. The number of hydrogen-bond acceptors (Lipinski definition) is 1. The van der Waals surface area contributed by atoms with E-state index in [1.54, 1.807) is 5.56 Å². The van der Waals surface area contributed by atoms with Gasteiger partial charge in [0.2, 0.25) is 0 Å². The first kappa shape index (κ1) is 20.4. The molecule has 0 saturated heterocycles. The molecular formula is C26H36S. The summed E-state index contributed by atoms with van der Waals surface area (Å²) in [6, 6.07) is 13.9. The molecule has 3 rings (SSSR count). The molecule has 0 bridgehead atoms. The molecule has 0 amide bonds. The van der Waals surface area contributed by atoms with E-state index < -0.39 is 0 Å². The zero-order valence-corrected chi connectivity index (χ0v) is 18.1. The Hall–Kier alpha value is -1.34. The van der Waals surface area contributed by atoms with Crippen molar-refractivity contribution in [2.24, 2.45) is 5.92 Å². The molecule has 0 aliphatic heterocycles. The zero-order valence-electron chi connectivity index (χ0n) is 17.3. The van der Waals surface area contributed by atoms with Crippen LogP contribution in [0.2, 0.25) is 0 Å². The van der Waals surface area contributed by atoms with Crippen molar-refractivity contribution in [1.82, 2.24) is 0 Å². The van der Waals surface area contributed by atoms with Crippen molar-refractivity contribution in [3.8, 4) is 0 Å². The lowest BCUT2D eigenvalue weighted by atomic mass is 9.77. The van der Waals surface area contributed by atoms with E-state index in [-0.39, 0.29) is 0 Å². The van der Waals surface area contributed by atoms with E-state index in [0.29, 0.717) is 0 Å². The average Bonchev–Trinajstić information content (AvgIpc) is 3.16. The van der Waals surface area contributed by atoms with Crippen LogP contribution in [-0.2, 0) is 6.42 Å². The summed E-state index contributed by atoms with van der Waals surface area (Å²) in [6.07, 6.45) is 18.2. The summed E-state index contributed by atoms with van der Waals surface area (Å²) in [4.78, 5) is 2.90. The average molecular weight is 381 g/mol. The predicted octanol–water partition coefficient (Wildman–Crippen LogP) is 8.73. The van der Waals surface area contributed by atoms with Gasteiger partial charge >= 0.3 is 0 Å². The van der Waals surface area contributed by atoms with Gasteiger partial charge in [-0.1, -0.05) is 69.9 Å². The van der Waals surface area contributed by atoms with Crippen LogP contribution in [0.1, 0.15) is 98.4 Å². The third-order valence-corrected chi connectivity index (χ3v) is 7.21. The third kappa shape index (κ3) is 6.35. The molecule has 0 radical (unpaired) electrons. The van der Waals surface area contributed by atoms with Gasteiger partial charge in [0.05, 0.1) is 0 Å². The Bertz CT molecular complexity index is 683. The summed E-state index contributed by atoms with van der Waals surface area (Å²) in [5.41, 5.74) is 2.87. The summed E-state index contributed by atoms with van der Waals surface area (Å²) < 4.78 is 0. The molecule has 1 heteroatoms. The van der Waals surface area contributed by atoms with E-state index in [2.05, 4.69) is 62.4 Å². The van der Waals surface area contributed by atoms with Gasteiger partial charge in [0, 0.05) is 9.75 Å². The quantitative estimate of drug-likeness (QED) is 0.381. The molecule has 1 saturated carbocycles. The van der Waals surface area contributed by atoms with Crippen LogP contribution in [0.25, 0.3) is 12.2 Å². The van der Waals surface area contributed by atoms with E-state index in [9.17, 15) is 0 Å². The molecule has 1 fully saturated rings. The zero-order chi connectivity index (χ0) is 18.9. The standard InChI is InChI=1S/C26H36S/c1-3-5-6-8-25-19-20-26(27-25)18-13-22-11-16-24(17-12-22)23-14-9-21(7-4-2)10-15-23/h11-13,16-21,23H,3-10,14-15H2,1-2H3. The monoisotopic (exact) mass is 380 g/mol. The van der Waals surface area contributed by atoms with Gasteiger partial charge in [-0.25, -0.2) is 0 Å². The summed E-state index contributed by atoms with van der Waals surface area (Å²) in [6.45, 7) is 4.59. The Morgan fingerprint density at radius 2 is 1.63 bits per heavy atom. The fraction of sp³-hybridized carbons (Fsp3) is 0.538. The van der Waals surface area contributed by atoms with E-state index in [4.69, 9.17) is 0 Å². The Morgan fingerprint density at radius 3 is 2.33 bits per heavy atom. The highest BCUT2D eigenvalue weighted by molar-refractivity contribution is 7.12. The highest BCUT2D eigenvalue weighted by Gasteiger charge is 2.21. The molecule has 0 unspecified atom stereocenters. The first-order valence-electron chi connectivity index (χ1n) is 11.1. The maximum Gasteiger partial charge on any atom is 0.0273 e. The minimum Gasteiger partial charge on any atom is -0.141 e. The van der Waals surface area contributed by atoms with Crippen LogP contribution in [0, 0.1) is 5.92 Å². The first-order valence-corrected chi connectivity index (χ1v) is 12.0. The van der Waals surface area contributed by atoms with Gasteiger partial charge < -0.3 is 0 Å². The number of benzene rings is 1. The van der Waals surface area contributed by atoms with Crippen LogP contribution in [0.5, 0.6) is 0 Å². The van der Waals surface area contributed by atoms with Gasteiger partial charge in [-0.3, -0.25) is 0 Å². The van der Waals surface area contributed by atoms with Crippen LogP contribution in [-0.4, -0.2) is 0 Å². The second-order valence-corrected chi connectivity index (χ2v) is 9.47. The highest BCUT2D eigenvalue weighted by atomic mass is 32.1. The van der Waals surface area contributed by atoms with Crippen molar-refractivity contribution in [3.05, 3.63) is 57.3 Å². The Kier molecular flexibility index (Phi) is 8.20. The summed E-state index contributed by atoms with van der Waals surface area (Å²) in [5, 5.41) is 0. The lowest BCUT2D eigenvalue weighted by Crippen LogP contribution is -2.13. The Balaban J connectivity index is 1.51. The largest absolute Gasteiger partial charge is 0.141 e. The minimum absolute atomic E-state index is 0.791. The fourth-order valence-electron chi connectivity index (χ4n) is 4.42. The summed E-state index contributed by atoms with van der Waals surface area (Å²) in [5.74, 6) is 1.78. The van der Waals surface area contributed by atoms with Crippen LogP contribution in [0.3, 0.4) is 0 Å². The van der Waals surface area contributed by atoms with Gasteiger partial charge in [0.25, 0.3) is 0 Å². The third-order valence-electron chi connectivity index (χ3n) is 6.10. The van der Waals surface area contributed by atoms with E-state index in [1.807, 2.05) is 11.3 Å². The van der Waals surface area contributed by atoms with Gasteiger partial charge in [0.15, 0.2) is 0 Å². The van der Waals surface area contributed by atoms with Gasteiger partial charge in [0.1, 0.15) is 0 Å². The number of rotatable bonds is 9. The number of unbranched alkanes of at least 4 members (excludes halogenated alkanes) is 2. The smallest absolute Gasteiger partial charge is 0.0273 e. The number of thiophene rings is 1. The van der Waals surface area contributed by atoms with Crippen LogP contribution < -0.4 is 0 Å². The molecule has 1 aromatic heterocycles. The normalized spacial score (nSPS) is 20.4. The first-order chi connectivity index (χ1) is 13.3. The molecule has 0 N–H and O–H groups in total. The molecule has 1 heterocycles. The van der Waals surface area contributed by atoms with Crippen LogP contribution >= 0.6 is 11.3 Å². The van der Waals surface area contributed by atoms with Gasteiger partial charge in [-0.15, -0.1) is 11.3 Å². The summed E-state index contributed by atoms with van der Waals surface area (Å²) >= 11 is 1.95. The molecule has 1 aliphatic rings. The van der Waals surface area contributed by atoms with E-state index >= 15 is 0 Å². The van der Waals surface area contributed by atoms with Crippen molar-refractivity contribution >= 4 is 23.5 Å². The van der Waals surface area contributed by atoms with Crippen LogP contribution in [0.4, 0.5) is 0 Å². The molecule has 0 spiro atoms. The minimum atomic E-state index is 0.791. The highest BCUT2D eigenvalue weighted by Crippen LogP contribution is 2.37. The SMILES string of the molecule is CCCCCc1ccc(C=Cc2ccc(C3CCC(CCC)CC3)cc2)s1. The molecule has 1 aromatic carbocycles. The number of hydrogen-bond donors (Lipinski definition) is 0. The second-order valence-electron chi connectivity index (χ2n) is 8.27. The predicted molar refractivity (Wildman–Crippen MR) is 123 cm³/mol. The number of aryl methyl sites for hydroxylation is 1. The van der Waals surface area contributed by atoms with E-state index in [1.165, 1.54) is 79.5 Å². The van der Waals surface area contributed by atoms with Crippen molar-refractivity contribution in [3.63, 3.8) is 0 Å². The molecule has 0 atom stereocenters. The molecular weight excluding hydrogens is 344 g/mol. The maximum absolute atomic E-state index is 2.37. The van der Waals surface area contributed by atoms with Gasteiger partial charge in [-0.2, -0.15) is 0 Å². The molecule has 146 valence electrons. The van der Waals surface area contributed by atoms with Gasteiger partial charge in [-0.05, 0) is 79.7 Å². The second kappa shape index (κ2) is 10.9. The molecule has 27 heavy (non-hydrogen) atoms. The van der Waals surface area contributed by atoms with Crippen molar-refractivity contribution < 1.29 is 0 Å². The fourth-order valence-corrected chi connectivity index (χ4v) is 5.38. The van der Waals surface area contributed by atoms with Crippen molar-refractivity contribution in [2.75, 3.05) is 0 Å². The molecule has 2 aromatic rings. The van der Waals surface area contributed by atoms with Crippen LogP contribution in [0.15, 0.2) is 36.4 Å². The van der Waals surface area contributed by atoms with E-state index in [0.717, 1.165) is 11.8 Å². The topological polar surface area (TPSA) is 0 Å². The lowest BCUT2D eigenvalue weighted by Gasteiger charge is -2.28. The molecule has 0 nitrogen and oxygen atoms in total. The Labute approximate surface area is 170 Å². The maximum atomic E-state index is 2.37.